The van der Waals surface area contributed by atoms with Gasteiger partial charge in [-0.3, -0.25) is 14.2 Å². The quantitative estimate of drug-likeness (QED) is 0.478. The van der Waals surface area contributed by atoms with Gasteiger partial charge in [-0.05, 0) is 25.5 Å². The first-order chi connectivity index (χ1) is 10.7. The van der Waals surface area contributed by atoms with Gasteiger partial charge >= 0.3 is 0 Å². The van der Waals surface area contributed by atoms with Gasteiger partial charge < -0.3 is 5.32 Å². The standard InChI is InChI=1S/C15H20N4O2S/c1-3-5-8-16-12(20)10-22-15-18-13-11(7-6-9-17-13)14(21)19(15)4-2/h6-7,9H,3-5,8,10H2,1-2H3,(H,16,20). The summed E-state index contributed by atoms with van der Waals surface area (Å²) in [7, 11) is 0. The Morgan fingerprint density at radius 1 is 1.41 bits per heavy atom. The fraction of sp³-hybridized carbons (Fsp3) is 0.467. The molecule has 2 rings (SSSR count). The fourth-order valence-corrected chi connectivity index (χ4v) is 2.89. The van der Waals surface area contributed by atoms with E-state index in [-0.39, 0.29) is 17.2 Å². The summed E-state index contributed by atoms with van der Waals surface area (Å²) in [5.41, 5.74) is 0.306. The van der Waals surface area contributed by atoms with Crippen LogP contribution < -0.4 is 10.9 Å². The highest BCUT2D eigenvalue weighted by molar-refractivity contribution is 7.99. The number of unbranched alkanes of at least 4 members (excludes halogenated alkanes) is 1. The van der Waals surface area contributed by atoms with Gasteiger partial charge in [0.05, 0.1) is 11.1 Å². The third-order valence-corrected chi connectivity index (χ3v) is 4.17. The van der Waals surface area contributed by atoms with Crippen LogP contribution in [0.25, 0.3) is 11.0 Å². The lowest BCUT2D eigenvalue weighted by Crippen LogP contribution is -2.27. The zero-order chi connectivity index (χ0) is 15.9. The van der Waals surface area contributed by atoms with E-state index >= 15 is 0 Å². The maximum absolute atomic E-state index is 12.4. The van der Waals surface area contributed by atoms with Crippen LogP contribution in [0.3, 0.4) is 0 Å². The second-order valence-corrected chi connectivity index (χ2v) is 5.75. The van der Waals surface area contributed by atoms with Crippen LogP contribution >= 0.6 is 11.8 Å². The Kier molecular flexibility index (Phi) is 5.94. The number of thioether (sulfide) groups is 1. The number of hydrogen-bond donors (Lipinski definition) is 1. The number of carbonyl (C=O) groups is 1. The SMILES string of the molecule is CCCCNC(=O)CSc1nc2ncccc2c(=O)n1CC. The van der Waals surface area contributed by atoms with Crippen LogP contribution in [0.5, 0.6) is 0 Å². The average molecular weight is 320 g/mol. The lowest BCUT2D eigenvalue weighted by Gasteiger charge is -2.10. The van der Waals surface area contributed by atoms with Crippen molar-refractivity contribution in [1.29, 1.82) is 0 Å². The van der Waals surface area contributed by atoms with Gasteiger partial charge in [0, 0.05) is 19.3 Å². The highest BCUT2D eigenvalue weighted by atomic mass is 32.2. The first-order valence-electron chi connectivity index (χ1n) is 7.42. The van der Waals surface area contributed by atoms with Crippen molar-refractivity contribution in [2.75, 3.05) is 12.3 Å². The Bertz CT molecular complexity index is 714. The summed E-state index contributed by atoms with van der Waals surface area (Å²) in [4.78, 5) is 32.7. The van der Waals surface area contributed by atoms with E-state index in [1.807, 2.05) is 6.92 Å². The normalized spacial score (nSPS) is 10.8. The molecule has 0 atom stereocenters. The summed E-state index contributed by atoms with van der Waals surface area (Å²) in [6, 6.07) is 3.44. The monoisotopic (exact) mass is 320 g/mol. The summed E-state index contributed by atoms with van der Waals surface area (Å²) in [6.45, 7) is 5.16. The van der Waals surface area contributed by atoms with Crippen LogP contribution in [0.2, 0.25) is 0 Å². The van der Waals surface area contributed by atoms with E-state index in [2.05, 4.69) is 22.2 Å². The van der Waals surface area contributed by atoms with Crippen molar-refractivity contribution in [2.45, 2.75) is 38.4 Å². The maximum atomic E-state index is 12.4. The lowest BCUT2D eigenvalue weighted by atomic mass is 10.3. The second-order valence-electron chi connectivity index (χ2n) is 4.81. The molecule has 0 aliphatic rings. The summed E-state index contributed by atoms with van der Waals surface area (Å²) in [6.07, 6.45) is 3.62. The van der Waals surface area contributed by atoms with Crippen LogP contribution in [-0.2, 0) is 11.3 Å². The van der Waals surface area contributed by atoms with Crippen LogP contribution in [0.1, 0.15) is 26.7 Å². The molecular formula is C15H20N4O2S. The fourth-order valence-electron chi connectivity index (χ4n) is 2.01. The largest absolute Gasteiger partial charge is 0.355 e. The van der Waals surface area contributed by atoms with E-state index in [9.17, 15) is 9.59 Å². The van der Waals surface area contributed by atoms with Crippen LogP contribution in [-0.4, -0.2) is 32.7 Å². The molecule has 118 valence electrons. The summed E-state index contributed by atoms with van der Waals surface area (Å²) < 4.78 is 1.58. The average Bonchev–Trinajstić information content (AvgIpc) is 2.53. The smallest absolute Gasteiger partial charge is 0.263 e. The molecule has 2 aromatic rings. The van der Waals surface area contributed by atoms with Crippen LogP contribution in [0.4, 0.5) is 0 Å². The molecule has 2 aromatic heterocycles. The van der Waals surface area contributed by atoms with Gasteiger partial charge in [-0.25, -0.2) is 9.97 Å². The number of aromatic nitrogens is 3. The number of nitrogens with zero attached hydrogens (tertiary/aromatic N) is 3. The number of carbonyl (C=O) groups excluding carboxylic acids is 1. The number of fused-ring (bicyclic) bond motifs is 1. The molecule has 0 fully saturated rings. The minimum absolute atomic E-state index is 0.0449. The third-order valence-electron chi connectivity index (χ3n) is 3.20. The van der Waals surface area contributed by atoms with Gasteiger partial charge in [0.2, 0.25) is 5.91 Å². The number of nitrogens with one attached hydrogen (secondary N) is 1. The van der Waals surface area contributed by atoms with Gasteiger partial charge in [0.15, 0.2) is 10.8 Å². The zero-order valence-electron chi connectivity index (χ0n) is 12.8. The van der Waals surface area contributed by atoms with Crippen LogP contribution in [0, 0.1) is 0 Å². The molecule has 22 heavy (non-hydrogen) atoms. The first kappa shape index (κ1) is 16.5. The number of amides is 1. The van der Waals surface area contributed by atoms with Crippen molar-refractivity contribution < 1.29 is 4.79 Å². The second kappa shape index (κ2) is 7.93. The molecule has 1 N–H and O–H groups in total. The molecule has 2 heterocycles. The first-order valence-corrected chi connectivity index (χ1v) is 8.41. The predicted molar refractivity (Wildman–Crippen MR) is 88.1 cm³/mol. The van der Waals surface area contributed by atoms with Gasteiger partial charge in [0.1, 0.15) is 0 Å². The predicted octanol–water partition coefficient (Wildman–Crippen LogP) is 1.82. The Morgan fingerprint density at radius 2 is 2.23 bits per heavy atom. The molecule has 0 aliphatic heterocycles. The maximum Gasteiger partial charge on any atom is 0.263 e. The van der Waals surface area contributed by atoms with E-state index in [1.54, 1.807) is 22.9 Å². The molecule has 1 amide bonds. The molecule has 7 heteroatoms. The van der Waals surface area contributed by atoms with E-state index in [1.165, 1.54) is 11.8 Å². The number of pyridine rings is 1. The molecule has 6 nitrogen and oxygen atoms in total. The van der Waals surface area contributed by atoms with E-state index in [0.29, 0.717) is 29.3 Å². The molecule has 0 spiro atoms. The summed E-state index contributed by atoms with van der Waals surface area (Å²) in [5, 5.41) is 3.89. The number of rotatable bonds is 7. The molecular weight excluding hydrogens is 300 g/mol. The van der Waals surface area contributed by atoms with Gasteiger partial charge in [0.25, 0.3) is 5.56 Å². The van der Waals surface area contributed by atoms with E-state index in [0.717, 1.165) is 12.8 Å². The lowest BCUT2D eigenvalue weighted by molar-refractivity contribution is -0.118. The van der Waals surface area contributed by atoms with Crippen molar-refractivity contribution in [3.05, 3.63) is 28.7 Å². The topological polar surface area (TPSA) is 76.9 Å². The molecule has 0 saturated carbocycles. The molecule has 0 unspecified atom stereocenters. The Labute approximate surface area is 133 Å². The Balaban J connectivity index is 2.17. The van der Waals surface area contributed by atoms with E-state index < -0.39 is 0 Å². The van der Waals surface area contributed by atoms with Crippen LogP contribution in [0.15, 0.2) is 28.3 Å². The molecule has 0 bridgehead atoms. The summed E-state index contributed by atoms with van der Waals surface area (Å²) >= 11 is 1.27. The molecule has 0 radical (unpaired) electrons. The number of hydrogen-bond acceptors (Lipinski definition) is 5. The van der Waals surface area contributed by atoms with Gasteiger partial charge in [-0.2, -0.15) is 0 Å². The zero-order valence-corrected chi connectivity index (χ0v) is 13.7. The summed E-state index contributed by atoms with van der Waals surface area (Å²) in [5.74, 6) is 0.200. The minimum Gasteiger partial charge on any atom is -0.355 e. The highest BCUT2D eigenvalue weighted by Crippen LogP contribution is 2.16. The Morgan fingerprint density at radius 3 is 2.95 bits per heavy atom. The van der Waals surface area contributed by atoms with Crippen molar-refractivity contribution >= 4 is 28.7 Å². The third kappa shape index (κ3) is 3.85. The molecule has 0 aromatic carbocycles. The molecule has 0 aliphatic carbocycles. The highest BCUT2D eigenvalue weighted by Gasteiger charge is 2.12. The van der Waals surface area contributed by atoms with Gasteiger partial charge in [-0.15, -0.1) is 0 Å². The van der Waals surface area contributed by atoms with Crippen molar-refractivity contribution in [1.82, 2.24) is 19.9 Å². The van der Waals surface area contributed by atoms with Crippen molar-refractivity contribution in [2.24, 2.45) is 0 Å². The van der Waals surface area contributed by atoms with Crippen molar-refractivity contribution in [3.63, 3.8) is 0 Å². The molecule has 0 saturated heterocycles. The van der Waals surface area contributed by atoms with E-state index in [4.69, 9.17) is 0 Å². The van der Waals surface area contributed by atoms with Crippen molar-refractivity contribution in [3.8, 4) is 0 Å². The Hall–Kier alpha value is -1.89. The minimum atomic E-state index is -0.116. The van der Waals surface area contributed by atoms with Gasteiger partial charge in [-0.1, -0.05) is 25.1 Å².